The lowest BCUT2D eigenvalue weighted by Gasteiger charge is -2.27. The SMILES string of the molecule is CCCNc1nc(N(C)C)nc(N(CCCO)C(C)C)n1. The first-order valence-electron chi connectivity index (χ1n) is 7.54. The van der Waals surface area contributed by atoms with E-state index in [1.165, 1.54) is 0 Å². The molecule has 1 rings (SSSR count). The Hall–Kier alpha value is -1.63. The van der Waals surface area contributed by atoms with Crippen LogP contribution < -0.4 is 15.1 Å². The molecule has 0 unspecified atom stereocenters. The second-order valence-corrected chi connectivity index (χ2v) is 5.44. The lowest BCUT2D eigenvalue weighted by Crippen LogP contribution is -2.34. The lowest BCUT2D eigenvalue weighted by molar-refractivity contribution is 0.288. The van der Waals surface area contributed by atoms with Crippen LogP contribution in [0.15, 0.2) is 0 Å². The van der Waals surface area contributed by atoms with Crippen molar-refractivity contribution in [2.45, 2.75) is 39.7 Å². The van der Waals surface area contributed by atoms with Crippen LogP contribution in [0.3, 0.4) is 0 Å². The molecule has 0 aromatic carbocycles. The van der Waals surface area contributed by atoms with Gasteiger partial charge < -0.3 is 20.2 Å². The molecule has 7 heteroatoms. The molecule has 0 aliphatic heterocycles. The highest BCUT2D eigenvalue weighted by atomic mass is 16.3. The first-order chi connectivity index (χ1) is 9.99. The van der Waals surface area contributed by atoms with Gasteiger partial charge in [0.1, 0.15) is 0 Å². The number of anilines is 3. The third-order valence-electron chi connectivity index (χ3n) is 2.98. The monoisotopic (exact) mass is 296 g/mol. The molecule has 0 spiro atoms. The minimum Gasteiger partial charge on any atom is -0.396 e. The molecule has 0 saturated heterocycles. The molecule has 1 aromatic rings. The van der Waals surface area contributed by atoms with E-state index in [1.54, 1.807) is 0 Å². The second-order valence-electron chi connectivity index (χ2n) is 5.44. The van der Waals surface area contributed by atoms with Crippen LogP contribution in [0.4, 0.5) is 17.8 Å². The van der Waals surface area contributed by atoms with Crippen molar-refractivity contribution < 1.29 is 5.11 Å². The number of aromatic nitrogens is 3. The fourth-order valence-electron chi connectivity index (χ4n) is 1.83. The summed E-state index contributed by atoms with van der Waals surface area (Å²) in [5.74, 6) is 1.88. The van der Waals surface area contributed by atoms with Gasteiger partial charge in [0.2, 0.25) is 17.8 Å². The Bertz CT molecular complexity index is 424. The predicted molar refractivity (Wildman–Crippen MR) is 87.1 cm³/mol. The molecule has 0 aliphatic rings. The normalized spacial score (nSPS) is 10.8. The molecule has 0 atom stereocenters. The highest BCUT2D eigenvalue weighted by Gasteiger charge is 2.16. The fourth-order valence-corrected chi connectivity index (χ4v) is 1.83. The van der Waals surface area contributed by atoms with Gasteiger partial charge in [-0.05, 0) is 26.7 Å². The van der Waals surface area contributed by atoms with E-state index >= 15 is 0 Å². The topological polar surface area (TPSA) is 77.4 Å². The van der Waals surface area contributed by atoms with Crippen LogP contribution in [0.5, 0.6) is 0 Å². The molecule has 0 amide bonds. The number of hydrogen-bond donors (Lipinski definition) is 2. The summed E-state index contributed by atoms with van der Waals surface area (Å²) in [5, 5.41) is 12.3. The average molecular weight is 296 g/mol. The van der Waals surface area contributed by atoms with Gasteiger partial charge in [0.05, 0.1) is 0 Å². The average Bonchev–Trinajstić information content (AvgIpc) is 2.45. The summed E-state index contributed by atoms with van der Waals surface area (Å²) < 4.78 is 0. The summed E-state index contributed by atoms with van der Waals surface area (Å²) in [6.45, 7) is 8.00. The summed E-state index contributed by atoms with van der Waals surface area (Å²) >= 11 is 0. The van der Waals surface area contributed by atoms with E-state index in [-0.39, 0.29) is 12.6 Å². The molecule has 7 nitrogen and oxygen atoms in total. The van der Waals surface area contributed by atoms with Crippen molar-refractivity contribution in [3.05, 3.63) is 0 Å². The predicted octanol–water partition coefficient (Wildman–Crippen LogP) is 1.36. The molecule has 1 heterocycles. The van der Waals surface area contributed by atoms with Crippen molar-refractivity contribution in [3.8, 4) is 0 Å². The number of rotatable bonds is 9. The van der Waals surface area contributed by atoms with Crippen LogP contribution in [-0.2, 0) is 0 Å². The van der Waals surface area contributed by atoms with Gasteiger partial charge in [-0.15, -0.1) is 0 Å². The van der Waals surface area contributed by atoms with Crippen molar-refractivity contribution in [3.63, 3.8) is 0 Å². The van der Waals surface area contributed by atoms with Gasteiger partial charge in [0.25, 0.3) is 0 Å². The molecule has 0 aliphatic carbocycles. The van der Waals surface area contributed by atoms with Crippen molar-refractivity contribution in [2.24, 2.45) is 0 Å². The highest BCUT2D eigenvalue weighted by Crippen LogP contribution is 2.17. The van der Waals surface area contributed by atoms with Crippen molar-refractivity contribution in [2.75, 3.05) is 48.9 Å². The lowest BCUT2D eigenvalue weighted by atomic mass is 10.3. The molecule has 0 bridgehead atoms. The van der Waals surface area contributed by atoms with Crippen molar-refractivity contribution in [1.29, 1.82) is 0 Å². The summed E-state index contributed by atoms with van der Waals surface area (Å²) in [7, 11) is 3.83. The summed E-state index contributed by atoms with van der Waals surface area (Å²) in [5.41, 5.74) is 0. The van der Waals surface area contributed by atoms with Gasteiger partial charge in [0, 0.05) is 39.8 Å². The Kier molecular flexibility index (Phi) is 7.14. The Balaban J connectivity index is 3.08. The fraction of sp³-hybridized carbons (Fsp3) is 0.786. The van der Waals surface area contributed by atoms with Crippen LogP contribution in [0.1, 0.15) is 33.6 Å². The van der Waals surface area contributed by atoms with Gasteiger partial charge in [0.15, 0.2) is 0 Å². The largest absolute Gasteiger partial charge is 0.396 e. The van der Waals surface area contributed by atoms with Gasteiger partial charge in [-0.3, -0.25) is 0 Å². The van der Waals surface area contributed by atoms with Crippen molar-refractivity contribution >= 4 is 17.8 Å². The molecule has 2 N–H and O–H groups in total. The number of nitrogens with one attached hydrogen (secondary N) is 1. The van der Waals surface area contributed by atoms with Crippen LogP contribution in [-0.4, -0.2) is 59.9 Å². The second kappa shape index (κ2) is 8.61. The zero-order chi connectivity index (χ0) is 15.8. The minimum absolute atomic E-state index is 0.162. The third-order valence-corrected chi connectivity index (χ3v) is 2.98. The van der Waals surface area contributed by atoms with Gasteiger partial charge in [-0.1, -0.05) is 6.92 Å². The quantitative estimate of drug-likeness (QED) is 0.712. The van der Waals surface area contributed by atoms with E-state index in [9.17, 15) is 0 Å². The minimum atomic E-state index is 0.162. The van der Waals surface area contributed by atoms with E-state index in [0.29, 0.717) is 24.3 Å². The molecular weight excluding hydrogens is 268 g/mol. The van der Waals surface area contributed by atoms with E-state index in [4.69, 9.17) is 5.11 Å². The Morgan fingerprint density at radius 1 is 1.14 bits per heavy atom. The maximum Gasteiger partial charge on any atom is 0.232 e. The molecule has 0 saturated carbocycles. The molecule has 120 valence electrons. The molecule has 0 radical (unpaired) electrons. The van der Waals surface area contributed by atoms with Gasteiger partial charge in [-0.2, -0.15) is 15.0 Å². The van der Waals surface area contributed by atoms with Crippen LogP contribution >= 0.6 is 0 Å². The summed E-state index contributed by atoms with van der Waals surface area (Å²) in [6.07, 6.45) is 1.70. The number of aliphatic hydroxyl groups excluding tert-OH is 1. The summed E-state index contributed by atoms with van der Waals surface area (Å²) in [6, 6.07) is 0.257. The zero-order valence-corrected chi connectivity index (χ0v) is 13.8. The maximum atomic E-state index is 9.06. The van der Waals surface area contributed by atoms with Gasteiger partial charge >= 0.3 is 0 Å². The number of hydrogen-bond acceptors (Lipinski definition) is 7. The van der Waals surface area contributed by atoms with Crippen LogP contribution in [0, 0.1) is 0 Å². The number of nitrogens with zero attached hydrogens (tertiary/aromatic N) is 5. The first kappa shape index (κ1) is 17.4. The Labute approximate surface area is 127 Å². The first-order valence-corrected chi connectivity index (χ1v) is 7.54. The number of aliphatic hydroxyl groups is 1. The maximum absolute atomic E-state index is 9.06. The van der Waals surface area contributed by atoms with E-state index in [0.717, 1.165) is 19.5 Å². The van der Waals surface area contributed by atoms with Crippen molar-refractivity contribution in [1.82, 2.24) is 15.0 Å². The third kappa shape index (κ3) is 5.34. The standard InChI is InChI=1S/C14H28N6O/c1-6-8-15-12-16-13(19(4)5)18-14(17-12)20(11(2)3)9-7-10-21/h11,21H,6-10H2,1-5H3,(H,15,16,17,18). The molecule has 1 aromatic heterocycles. The van der Waals surface area contributed by atoms with Crippen LogP contribution in [0.25, 0.3) is 0 Å². The molecular formula is C14H28N6O. The van der Waals surface area contributed by atoms with Gasteiger partial charge in [-0.25, -0.2) is 0 Å². The Morgan fingerprint density at radius 3 is 2.33 bits per heavy atom. The Morgan fingerprint density at radius 2 is 1.81 bits per heavy atom. The summed E-state index contributed by atoms with van der Waals surface area (Å²) in [4.78, 5) is 17.4. The smallest absolute Gasteiger partial charge is 0.232 e. The van der Waals surface area contributed by atoms with E-state index in [2.05, 4.69) is 45.9 Å². The van der Waals surface area contributed by atoms with E-state index < -0.39 is 0 Å². The molecule has 0 fully saturated rings. The molecule has 21 heavy (non-hydrogen) atoms. The van der Waals surface area contributed by atoms with E-state index in [1.807, 2.05) is 19.0 Å². The zero-order valence-electron chi connectivity index (χ0n) is 13.8. The highest BCUT2D eigenvalue weighted by molar-refractivity contribution is 5.45. The van der Waals surface area contributed by atoms with Crippen LogP contribution in [0.2, 0.25) is 0 Å².